The summed E-state index contributed by atoms with van der Waals surface area (Å²) in [6.07, 6.45) is 11.1. The summed E-state index contributed by atoms with van der Waals surface area (Å²) >= 11 is 7.15. The van der Waals surface area contributed by atoms with Crippen molar-refractivity contribution >= 4 is 91.6 Å². The summed E-state index contributed by atoms with van der Waals surface area (Å²) < 4.78 is 6.36. The first-order valence-corrected chi connectivity index (χ1v) is 26.9. The average Bonchev–Trinajstić information content (AvgIpc) is 4.32. The molecular formula is C64H42N4OS4. The fourth-order valence-corrected chi connectivity index (χ4v) is 12.2. The Morgan fingerprint density at radius 2 is 0.740 bits per heavy atom. The standard InChI is InChI=1S/C64H42N4OS4/c65-43-50(44-66)49-41-57(33-19-45-15-25-53(26-16-45)67(51-9-3-1-4-10-51)55-29-21-47(22-30-55)59-35-37-63(72-59)61-13-7-39-70-61)69-58(42-49)34-20-46-17-27-54(28-18-46)68(52-11-5-2-6-12-52)56-31-23-48(24-32-56)60-36-38-64(73-60)62-14-8-40-71-62/h1-42H/b33-19+,34-20+. The molecule has 0 bridgehead atoms. The molecule has 9 heteroatoms. The van der Waals surface area contributed by atoms with Gasteiger partial charge in [0.25, 0.3) is 0 Å². The monoisotopic (exact) mass is 1010 g/mol. The minimum absolute atomic E-state index is 0.00825. The third-order valence-corrected chi connectivity index (χ3v) is 16.5. The zero-order valence-corrected chi connectivity index (χ0v) is 42.3. The molecule has 5 nitrogen and oxygen atoms in total. The highest BCUT2D eigenvalue weighted by molar-refractivity contribution is 7.23. The molecule has 0 fully saturated rings. The molecule has 0 saturated carbocycles. The molecule has 10 aromatic rings. The molecule has 0 amide bonds. The third-order valence-electron chi connectivity index (χ3n) is 12.1. The van der Waals surface area contributed by atoms with Crippen LogP contribution in [-0.2, 0) is 4.74 Å². The lowest BCUT2D eigenvalue weighted by Gasteiger charge is -2.25. The lowest BCUT2D eigenvalue weighted by molar-refractivity contribution is 0.332. The smallest absolute Gasteiger partial charge is 0.137 e. The quantitative estimate of drug-likeness (QED) is 0.102. The van der Waals surface area contributed by atoms with E-state index in [0.29, 0.717) is 17.1 Å². The summed E-state index contributed by atoms with van der Waals surface area (Å²) in [6, 6.07) is 76.4. The Labute approximate surface area is 441 Å². The van der Waals surface area contributed by atoms with Gasteiger partial charge in [-0.05, 0) is 167 Å². The number of hydrogen-bond donors (Lipinski definition) is 0. The van der Waals surface area contributed by atoms with Crippen LogP contribution in [-0.4, -0.2) is 0 Å². The van der Waals surface area contributed by atoms with Crippen LogP contribution in [0.5, 0.6) is 0 Å². The second-order valence-electron chi connectivity index (χ2n) is 16.8. The molecule has 0 aliphatic carbocycles. The molecule has 0 atom stereocenters. The first-order valence-electron chi connectivity index (χ1n) is 23.5. The Morgan fingerprint density at radius 3 is 1.11 bits per heavy atom. The van der Waals surface area contributed by atoms with Crippen molar-refractivity contribution in [2.24, 2.45) is 0 Å². The maximum Gasteiger partial charge on any atom is 0.137 e. The minimum Gasteiger partial charge on any atom is -0.457 e. The van der Waals surface area contributed by atoms with Crippen molar-refractivity contribution < 1.29 is 4.74 Å². The Kier molecular flexibility index (Phi) is 13.8. The molecule has 1 aliphatic rings. The van der Waals surface area contributed by atoms with Gasteiger partial charge in [0, 0.05) is 69.0 Å². The van der Waals surface area contributed by atoms with E-state index in [1.54, 1.807) is 34.8 Å². The summed E-state index contributed by atoms with van der Waals surface area (Å²) in [5.41, 5.74) is 11.0. The van der Waals surface area contributed by atoms with Gasteiger partial charge in [-0.3, -0.25) is 0 Å². The molecule has 0 unspecified atom stereocenters. The molecule has 73 heavy (non-hydrogen) atoms. The lowest BCUT2D eigenvalue weighted by atomic mass is 10.0. The van der Waals surface area contributed by atoms with Gasteiger partial charge in [0.1, 0.15) is 29.2 Å². The van der Waals surface area contributed by atoms with Crippen molar-refractivity contribution in [2.75, 3.05) is 9.80 Å². The van der Waals surface area contributed by atoms with Crippen LogP contribution in [0.25, 0.3) is 52.5 Å². The number of nitrogens with zero attached hydrogens (tertiary/aromatic N) is 4. The van der Waals surface area contributed by atoms with Crippen molar-refractivity contribution in [3.05, 3.63) is 275 Å². The second-order valence-corrected chi connectivity index (χ2v) is 20.9. The predicted octanol–water partition coefficient (Wildman–Crippen LogP) is 19.4. The molecule has 348 valence electrons. The van der Waals surface area contributed by atoms with Crippen molar-refractivity contribution in [3.8, 4) is 52.5 Å². The molecule has 0 saturated heterocycles. The summed E-state index contributed by atoms with van der Waals surface area (Å²) in [5, 5.41) is 24.0. The van der Waals surface area contributed by atoms with Crippen molar-refractivity contribution in [3.63, 3.8) is 0 Å². The maximum atomic E-state index is 9.86. The normalized spacial score (nSPS) is 12.2. The maximum absolute atomic E-state index is 9.86. The van der Waals surface area contributed by atoms with Crippen LogP contribution in [0.4, 0.5) is 34.1 Å². The van der Waals surface area contributed by atoms with E-state index >= 15 is 0 Å². The van der Waals surface area contributed by atoms with Crippen LogP contribution >= 0.6 is 45.3 Å². The van der Waals surface area contributed by atoms with Crippen LogP contribution in [0, 0.1) is 22.7 Å². The van der Waals surface area contributed by atoms with Gasteiger partial charge in [-0.15, -0.1) is 45.3 Å². The van der Waals surface area contributed by atoms with Gasteiger partial charge in [0.15, 0.2) is 0 Å². The van der Waals surface area contributed by atoms with Gasteiger partial charge in [-0.2, -0.15) is 10.5 Å². The number of allylic oxidation sites excluding steroid dienone is 6. The fraction of sp³-hybridized carbons (Fsp3) is 0. The summed E-state index contributed by atoms with van der Waals surface area (Å²) in [7, 11) is 0. The lowest BCUT2D eigenvalue weighted by Crippen LogP contribution is -2.09. The van der Waals surface area contributed by atoms with Crippen LogP contribution in [0.3, 0.4) is 0 Å². The molecule has 0 spiro atoms. The molecule has 4 aromatic heterocycles. The van der Waals surface area contributed by atoms with E-state index in [1.165, 1.54) is 40.4 Å². The Balaban J connectivity index is 0.795. The highest BCUT2D eigenvalue weighted by Crippen LogP contribution is 2.42. The van der Waals surface area contributed by atoms with Crippen molar-refractivity contribution in [2.45, 2.75) is 0 Å². The van der Waals surface area contributed by atoms with E-state index in [0.717, 1.165) is 45.3 Å². The number of para-hydroxylation sites is 2. The summed E-state index contributed by atoms with van der Waals surface area (Å²) in [5.74, 6) is 1.01. The van der Waals surface area contributed by atoms with Gasteiger partial charge in [-0.1, -0.05) is 109 Å². The second kappa shape index (κ2) is 21.7. The van der Waals surface area contributed by atoms with Gasteiger partial charge in [0.2, 0.25) is 0 Å². The first kappa shape index (κ1) is 46.6. The van der Waals surface area contributed by atoms with E-state index in [-0.39, 0.29) is 5.57 Å². The number of benzene rings is 6. The zero-order valence-electron chi connectivity index (χ0n) is 39.1. The van der Waals surface area contributed by atoms with E-state index in [4.69, 9.17) is 4.74 Å². The Bertz CT molecular complexity index is 3490. The van der Waals surface area contributed by atoms with E-state index in [9.17, 15) is 10.5 Å². The topological polar surface area (TPSA) is 63.3 Å². The SMILES string of the molecule is N#CC(C#N)=C1C=C(/C=C/c2ccc(N(c3ccccc3)c3ccc(-c4ccc(-c5cccs5)s4)cc3)cc2)OC(/C=C/c2ccc(N(c3ccccc3)c3ccc(-c4ccc(-c5cccs5)s4)cc3)cc2)=C1. The average molecular weight is 1010 g/mol. The number of anilines is 6. The van der Waals surface area contributed by atoms with Crippen LogP contribution < -0.4 is 9.80 Å². The summed E-state index contributed by atoms with van der Waals surface area (Å²) in [6.45, 7) is 0. The van der Waals surface area contributed by atoms with Gasteiger partial charge in [0.05, 0.1) is 0 Å². The van der Waals surface area contributed by atoms with Gasteiger partial charge >= 0.3 is 0 Å². The van der Waals surface area contributed by atoms with E-state index in [2.05, 4.69) is 227 Å². The highest BCUT2D eigenvalue weighted by Gasteiger charge is 2.17. The van der Waals surface area contributed by atoms with E-state index in [1.807, 2.05) is 59.1 Å². The first-order chi connectivity index (χ1) is 36.0. The number of nitriles is 2. The third kappa shape index (κ3) is 10.6. The summed E-state index contributed by atoms with van der Waals surface area (Å²) in [4.78, 5) is 12.1. The number of ether oxygens (including phenoxy) is 1. The van der Waals surface area contributed by atoms with E-state index < -0.39 is 0 Å². The molecule has 6 aromatic carbocycles. The molecule has 0 N–H and O–H groups in total. The zero-order chi connectivity index (χ0) is 49.3. The number of rotatable bonds is 14. The molecular weight excluding hydrogens is 969 g/mol. The molecule has 0 radical (unpaired) electrons. The van der Waals surface area contributed by atoms with Crippen LogP contribution in [0.1, 0.15) is 11.1 Å². The Morgan fingerprint density at radius 1 is 0.370 bits per heavy atom. The number of hydrogen-bond acceptors (Lipinski definition) is 9. The minimum atomic E-state index is 0.00825. The van der Waals surface area contributed by atoms with Crippen molar-refractivity contribution in [1.29, 1.82) is 10.5 Å². The van der Waals surface area contributed by atoms with Crippen molar-refractivity contribution in [1.82, 2.24) is 0 Å². The fourth-order valence-electron chi connectivity index (χ4n) is 8.52. The number of thiophene rings is 4. The van der Waals surface area contributed by atoms with Crippen LogP contribution in [0.15, 0.2) is 264 Å². The Hall–Kier alpha value is -8.80. The largest absolute Gasteiger partial charge is 0.457 e. The predicted molar refractivity (Wildman–Crippen MR) is 309 cm³/mol. The molecule has 5 heterocycles. The van der Waals surface area contributed by atoms with Gasteiger partial charge < -0.3 is 14.5 Å². The molecule has 1 aliphatic heterocycles. The highest BCUT2D eigenvalue weighted by atomic mass is 32.1. The van der Waals surface area contributed by atoms with Crippen LogP contribution in [0.2, 0.25) is 0 Å². The molecule has 11 rings (SSSR count). The van der Waals surface area contributed by atoms with Gasteiger partial charge in [-0.25, -0.2) is 0 Å².